The minimum atomic E-state index is -1.53. The molecule has 0 radical (unpaired) electrons. The van der Waals surface area contributed by atoms with Crippen molar-refractivity contribution in [3.8, 4) is 0 Å². The zero-order valence-corrected chi connectivity index (χ0v) is 26.0. The lowest BCUT2D eigenvalue weighted by Crippen LogP contribution is -2.68. The maximum atomic E-state index is 14.6. The average Bonchev–Trinajstić information content (AvgIpc) is 3.05. The lowest BCUT2D eigenvalue weighted by atomic mass is 9.85. The molecule has 1 saturated carbocycles. The largest absolute Gasteiger partial charge is 0.444 e. The monoisotopic (exact) mass is 589 g/mol. The van der Waals surface area contributed by atoms with Gasteiger partial charge in [0.05, 0.1) is 11.6 Å². The number of ketones is 2. The summed E-state index contributed by atoms with van der Waals surface area (Å²) in [4.78, 5) is 60.3. The van der Waals surface area contributed by atoms with Crippen molar-refractivity contribution >= 4 is 35.0 Å². The third-order valence-corrected chi connectivity index (χ3v) is 8.25. The highest BCUT2D eigenvalue weighted by molar-refractivity contribution is 6.19. The molecule has 1 heterocycles. The molecule has 2 aromatic rings. The van der Waals surface area contributed by atoms with Crippen molar-refractivity contribution in [3.05, 3.63) is 65.2 Å². The minimum Gasteiger partial charge on any atom is -0.444 e. The van der Waals surface area contributed by atoms with E-state index in [0.29, 0.717) is 23.4 Å². The molecule has 2 aliphatic rings. The Morgan fingerprint density at radius 3 is 2.35 bits per heavy atom. The van der Waals surface area contributed by atoms with E-state index in [0.717, 1.165) is 43.2 Å². The summed E-state index contributed by atoms with van der Waals surface area (Å²) in [5, 5.41) is 2.70. The van der Waals surface area contributed by atoms with Gasteiger partial charge in [-0.25, -0.2) is 9.59 Å². The minimum absolute atomic E-state index is 0.0800. The highest BCUT2D eigenvalue weighted by atomic mass is 16.6. The Bertz CT molecular complexity index is 1390. The highest BCUT2D eigenvalue weighted by Crippen LogP contribution is 2.35. The van der Waals surface area contributed by atoms with Gasteiger partial charge in [0.25, 0.3) is 0 Å². The molecule has 43 heavy (non-hydrogen) atoms. The van der Waals surface area contributed by atoms with E-state index in [1.807, 2.05) is 62.4 Å². The number of alkyl carbamates (subject to hydrolysis) is 1. The summed E-state index contributed by atoms with van der Waals surface area (Å²) in [5.74, 6) is 5.50. The predicted molar refractivity (Wildman–Crippen MR) is 168 cm³/mol. The molecule has 230 valence electrons. The second-order valence-electron chi connectivity index (χ2n) is 12.8. The van der Waals surface area contributed by atoms with E-state index in [4.69, 9.17) is 15.6 Å². The van der Waals surface area contributed by atoms with Gasteiger partial charge in [0, 0.05) is 17.2 Å². The van der Waals surface area contributed by atoms with E-state index in [1.54, 1.807) is 20.8 Å². The Hall–Kier alpha value is -3.69. The number of amides is 2. The van der Waals surface area contributed by atoms with E-state index < -0.39 is 40.1 Å². The van der Waals surface area contributed by atoms with Crippen molar-refractivity contribution in [2.45, 2.75) is 97.2 Å². The third kappa shape index (κ3) is 7.46. The Morgan fingerprint density at radius 1 is 1.05 bits per heavy atom. The van der Waals surface area contributed by atoms with Crippen molar-refractivity contribution in [3.63, 3.8) is 0 Å². The maximum Gasteiger partial charge on any atom is 0.408 e. The molecule has 0 spiro atoms. The van der Waals surface area contributed by atoms with E-state index in [1.165, 1.54) is 0 Å². The molecule has 9 nitrogen and oxygen atoms in total. The van der Waals surface area contributed by atoms with E-state index in [2.05, 4.69) is 5.32 Å². The van der Waals surface area contributed by atoms with Crippen molar-refractivity contribution in [1.29, 1.82) is 0 Å². The first kappa shape index (κ1) is 32.2. The fraction of sp³-hybridized carbons (Fsp3) is 0.500. The lowest BCUT2D eigenvalue weighted by Gasteiger charge is -2.33. The second-order valence-corrected chi connectivity index (χ2v) is 12.8. The summed E-state index contributed by atoms with van der Waals surface area (Å²) in [5.41, 5.74) is 2.44. The number of aliphatic imine (C=N–C) groups is 1. The number of ether oxygens (including phenoxy) is 1. The van der Waals surface area contributed by atoms with Crippen molar-refractivity contribution in [1.82, 2.24) is 9.91 Å². The molecular weight excluding hydrogens is 544 g/mol. The molecule has 0 aromatic heterocycles. The van der Waals surface area contributed by atoms with Crippen LogP contribution < -0.4 is 15.8 Å². The van der Waals surface area contributed by atoms with E-state index in [-0.39, 0.29) is 24.7 Å². The Labute approximate surface area is 254 Å². The van der Waals surface area contributed by atoms with Gasteiger partial charge in [0.15, 0.2) is 23.8 Å². The molecule has 3 N–H and O–H groups in total. The second kappa shape index (κ2) is 13.3. The van der Waals surface area contributed by atoms with Gasteiger partial charge in [0.2, 0.25) is 6.04 Å². The molecule has 3 atom stereocenters. The Balaban J connectivity index is 1.78. The first-order valence-electron chi connectivity index (χ1n) is 15.3. The van der Waals surface area contributed by atoms with Gasteiger partial charge < -0.3 is 10.1 Å². The number of hydrogen-bond donors (Lipinski definition) is 2. The normalized spacial score (nSPS) is 21.7. The number of carbonyl (C=O) groups excluding carboxylic acids is 4. The first-order valence-corrected chi connectivity index (χ1v) is 15.3. The topological polar surface area (TPSA) is 128 Å². The van der Waals surface area contributed by atoms with E-state index in [9.17, 15) is 19.2 Å². The Morgan fingerprint density at radius 2 is 1.72 bits per heavy atom. The van der Waals surface area contributed by atoms with E-state index >= 15 is 0 Å². The SMILES string of the molecule is CCC1=NC(C(=O)[C@H](Cc2ccccc2)NC(=O)OC(C)(C)C)C(=O)[N+](N)(CC(=O)C2CCCCC2)c2c(C)cccc21. The highest BCUT2D eigenvalue weighted by Gasteiger charge is 2.52. The van der Waals surface area contributed by atoms with Crippen LogP contribution in [-0.4, -0.2) is 53.5 Å². The molecule has 1 aliphatic heterocycles. The fourth-order valence-corrected chi connectivity index (χ4v) is 6.17. The van der Waals surface area contributed by atoms with Crippen LogP contribution in [0.25, 0.3) is 0 Å². The summed E-state index contributed by atoms with van der Waals surface area (Å²) in [6, 6.07) is 12.1. The average molecular weight is 590 g/mol. The number of nitrogens with one attached hydrogen (secondary N) is 1. The van der Waals surface area contributed by atoms with Gasteiger partial charge in [0.1, 0.15) is 5.60 Å². The third-order valence-electron chi connectivity index (χ3n) is 8.25. The number of aryl methyl sites for hydroxylation is 1. The quantitative estimate of drug-likeness (QED) is 0.180. The van der Waals surface area contributed by atoms with Crippen LogP contribution in [0.15, 0.2) is 53.5 Å². The summed E-state index contributed by atoms with van der Waals surface area (Å²) in [7, 11) is 0. The van der Waals surface area contributed by atoms with Crippen LogP contribution in [0.3, 0.4) is 0 Å². The first-order chi connectivity index (χ1) is 20.3. The summed E-state index contributed by atoms with van der Waals surface area (Å²) >= 11 is 0. The van der Waals surface area contributed by atoms with Crippen LogP contribution in [0.5, 0.6) is 0 Å². The molecule has 2 amide bonds. The smallest absolute Gasteiger partial charge is 0.408 e. The van der Waals surface area contributed by atoms with Crippen LogP contribution in [0.4, 0.5) is 10.5 Å². The van der Waals surface area contributed by atoms with Gasteiger partial charge in [-0.15, -0.1) is 4.59 Å². The number of hydrogen-bond acceptors (Lipinski definition) is 7. The van der Waals surface area contributed by atoms with Gasteiger partial charge in [-0.05, 0) is 65.0 Å². The number of fused-ring (bicyclic) bond motifs is 1. The van der Waals surface area contributed by atoms with Crippen LogP contribution in [0.2, 0.25) is 0 Å². The summed E-state index contributed by atoms with van der Waals surface area (Å²) in [6.45, 7) is 8.69. The maximum absolute atomic E-state index is 14.6. The molecular formula is C34H45N4O5+. The number of nitrogens with zero attached hydrogens (tertiary/aromatic N) is 2. The van der Waals surface area contributed by atoms with Gasteiger partial charge in [-0.2, -0.15) is 5.84 Å². The van der Waals surface area contributed by atoms with Crippen molar-refractivity contribution in [2.24, 2.45) is 16.8 Å². The number of rotatable bonds is 9. The van der Waals surface area contributed by atoms with Crippen LogP contribution in [0, 0.1) is 12.8 Å². The van der Waals surface area contributed by atoms with Gasteiger partial charge in [-0.1, -0.05) is 68.7 Å². The molecule has 1 fully saturated rings. The Kier molecular flexibility index (Phi) is 9.97. The molecule has 9 heteroatoms. The predicted octanol–water partition coefficient (Wildman–Crippen LogP) is 5.14. The number of para-hydroxylation sites is 1. The number of carbonyl (C=O) groups is 4. The zero-order chi connectivity index (χ0) is 31.4. The van der Waals surface area contributed by atoms with Crippen LogP contribution >= 0.6 is 0 Å². The number of benzene rings is 2. The molecule has 2 unspecified atom stereocenters. The number of nitrogens with two attached hydrogens (primary N) is 1. The molecule has 2 aromatic carbocycles. The molecule has 0 saturated heterocycles. The number of benzodiazepines with no additional fused rings is 1. The molecule has 4 rings (SSSR count). The van der Waals surface area contributed by atoms with Crippen molar-refractivity contribution < 1.29 is 23.9 Å². The molecule has 1 aliphatic carbocycles. The standard InChI is InChI=1S/C34H44N4O5/c1-6-26-25-19-13-14-22(2)30(25)38(35,21-28(39)24-17-11-8-12-18-24)32(41)29(36-26)31(40)27(20-23-15-9-7-10-16-23)37-33(42)43-34(3,4)5/h7,9-10,13-16,19,24,27,29H,6,8,11-12,17-18,20-21,35H2,1-5H3/p+1/t27-,29?,38?/m0/s1. The fourth-order valence-electron chi connectivity index (χ4n) is 6.17. The van der Waals surface area contributed by atoms with Gasteiger partial charge >= 0.3 is 12.0 Å². The number of Topliss-reactive ketones (excluding diaryl/α,β-unsaturated/α-hetero) is 2. The lowest BCUT2D eigenvalue weighted by molar-refractivity contribution is -0.141. The molecule has 0 bridgehead atoms. The van der Waals surface area contributed by atoms with Crippen LogP contribution in [-0.2, 0) is 25.5 Å². The number of quaternary nitrogens is 1. The summed E-state index contributed by atoms with van der Waals surface area (Å²) < 4.78 is 4.63. The van der Waals surface area contributed by atoms with Crippen molar-refractivity contribution in [2.75, 3.05) is 6.54 Å². The van der Waals surface area contributed by atoms with Gasteiger partial charge in [-0.3, -0.25) is 14.6 Å². The summed E-state index contributed by atoms with van der Waals surface area (Å²) in [6.07, 6.45) is 4.34. The van der Waals surface area contributed by atoms with Crippen LogP contribution in [0.1, 0.15) is 82.9 Å². The zero-order valence-electron chi connectivity index (χ0n) is 26.0.